The number of aromatic nitrogens is 3. The first-order valence-corrected chi connectivity index (χ1v) is 14.0. The molecule has 0 aliphatic heterocycles. The summed E-state index contributed by atoms with van der Waals surface area (Å²) in [5, 5.41) is 2.74. The number of pyridine rings is 1. The molecule has 3 aromatic heterocycles. The molecule has 37 heavy (non-hydrogen) atoms. The molecule has 0 aliphatic carbocycles. The molecule has 0 spiro atoms. The minimum Gasteiger partial charge on any atom is -0.264 e. The molecule has 0 bridgehead atoms. The highest BCUT2D eigenvalue weighted by Gasteiger charge is 2.33. The molecule has 0 N–H and O–H groups in total. The molecule has 3 aromatic carbocycles. The molecule has 0 aliphatic rings. The maximum absolute atomic E-state index is 4.56. The van der Waals surface area contributed by atoms with Gasteiger partial charge in [-0.1, -0.05) is 58.0 Å². The van der Waals surface area contributed by atoms with Crippen molar-refractivity contribution in [1.29, 1.82) is 0 Å². The molecule has 3 nitrogen and oxygen atoms in total. The zero-order valence-corrected chi connectivity index (χ0v) is 23.6. The van der Waals surface area contributed by atoms with Crippen molar-refractivity contribution < 1.29 is 4.57 Å². The number of nitrogens with zero attached hydrogens (tertiary/aromatic N) is 3. The Bertz CT molecular complexity index is 1820. The molecule has 0 radical (unpaired) electrons. The lowest BCUT2D eigenvalue weighted by molar-refractivity contribution is -0.634. The molecule has 3 heterocycles. The quantitative estimate of drug-likeness (QED) is 0.220. The van der Waals surface area contributed by atoms with E-state index in [0.29, 0.717) is 11.8 Å². The Labute approximate surface area is 223 Å². The third kappa shape index (κ3) is 3.53. The molecule has 186 valence electrons. The van der Waals surface area contributed by atoms with Gasteiger partial charge >= 0.3 is 0 Å². The largest absolute Gasteiger partial charge is 0.296 e. The summed E-state index contributed by atoms with van der Waals surface area (Å²) in [5.74, 6) is 1.91. The number of fused-ring (bicyclic) bond motifs is 4. The number of hydrogen-bond donors (Lipinski definition) is 0. The maximum atomic E-state index is 4.56. The number of imidazole rings is 1. The Balaban J connectivity index is 1.88. The van der Waals surface area contributed by atoms with E-state index in [1.807, 2.05) is 23.7 Å². The van der Waals surface area contributed by atoms with Gasteiger partial charge in [0, 0.05) is 49.3 Å². The number of hydrogen-bond acceptors (Lipinski definition) is 2. The van der Waals surface area contributed by atoms with Crippen LogP contribution >= 0.6 is 11.3 Å². The van der Waals surface area contributed by atoms with E-state index in [0.717, 1.165) is 0 Å². The summed E-state index contributed by atoms with van der Waals surface area (Å²) in [4.78, 5) is 4.56. The van der Waals surface area contributed by atoms with Gasteiger partial charge < -0.3 is 0 Å². The van der Waals surface area contributed by atoms with Crippen LogP contribution in [0.25, 0.3) is 48.3 Å². The summed E-state index contributed by atoms with van der Waals surface area (Å²) in [7, 11) is 2.20. The third-order valence-electron chi connectivity index (χ3n) is 7.73. The van der Waals surface area contributed by atoms with E-state index < -0.39 is 0 Å². The summed E-state index contributed by atoms with van der Waals surface area (Å²) in [5.41, 5.74) is 10.3. The lowest BCUT2D eigenvalue weighted by Crippen LogP contribution is -2.31. The smallest absolute Gasteiger partial charge is 0.264 e. The molecule has 6 rings (SSSR count). The van der Waals surface area contributed by atoms with E-state index in [1.165, 1.54) is 70.5 Å². The van der Waals surface area contributed by atoms with Crippen LogP contribution in [0.1, 0.15) is 61.8 Å². The zero-order chi connectivity index (χ0) is 26.0. The van der Waals surface area contributed by atoms with E-state index in [9.17, 15) is 0 Å². The van der Waals surface area contributed by atoms with Crippen molar-refractivity contribution in [1.82, 2.24) is 9.55 Å². The van der Waals surface area contributed by atoms with E-state index in [2.05, 4.69) is 117 Å². The van der Waals surface area contributed by atoms with Gasteiger partial charge in [0.05, 0.1) is 12.6 Å². The number of rotatable bonds is 4. The second-order valence-electron chi connectivity index (χ2n) is 10.9. The molecule has 0 saturated heterocycles. The minimum atomic E-state index is 0.361. The Kier molecular flexibility index (Phi) is 5.68. The van der Waals surface area contributed by atoms with Crippen molar-refractivity contribution >= 4 is 42.5 Å². The monoisotopic (exact) mass is 504 g/mol. The number of aryl methyl sites for hydroxylation is 3. The normalized spacial score (nSPS) is 12.1. The highest BCUT2D eigenvalue weighted by Crippen LogP contribution is 2.46. The Morgan fingerprint density at radius 1 is 0.865 bits per heavy atom. The van der Waals surface area contributed by atoms with Crippen molar-refractivity contribution in [3.63, 3.8) is 0 Å². The Hall–Kier alpha value is -3.50. The number of para-hydroxylation sites is 1. The van der Waals surface area contributed by atoms with Gasteiger partial charge in [-0.25, -0.2) is 4.57 Å². The van der Waals surface area contributed by atoms with Gasteiger partial charge in [0.1, 0.15) is 5.69 Å². The van der Waals surface area contributed by atoms with E-state index in [-0.39, 0.29) is 0 Å². The van der Waals surface area contributed by atoms with Gasteiger partial charge in [0.2, 0.25) is 0 Å². The van der Waals surface area contributed by atoms with Gasteiger partial charge in [-0.15, -0.1) is 11.3 Å². The summed E-state index contributed by atoms with van der Waals surface area (Å²) in [6.07, 6.45) is 3.91. The van der Waals surface area contributed by atoms with Crippen LogP contribution in [0.4, 0.5) is 0 Å². The molecule has 0 fully saturated rings. The SMILES string of the molecule is Cc1ccncc1-c1n(-c2c(C(C)C)cc3c(sc4ccccc43)c2C(C)C)c2cccc(C)c2[n+]1C. The van der Waals surface area contributed by atoms with Gasteiger partial charge in [-0.2, -0.15) is 4.57 Å². The molecule has 0 atom stereocenters. The van der Waals surface area contributed by atoms with Crippen molar-refractivity contribution in [3.05, 3.63) is 89.2 Å². The van der Waals surface area contributed by atoms with Crippen molar-refractivity contribution in [2.24, 2.45) is 7.05 Å². The molecular weight excluding hydrogens is 470 g/mol. The highest BCUT2D eigenvalue weighted by atomic mass is 32.1. The van der Waals surface area contributed by atoms with Crippen molar-refractivity contribution in [3.8, 4) is 17.1 Å². The van der Waals surface area contributed by atoms with Crippen LogP contribution in [0.5, 0.6) is 0 Å². The van der Waals surface area contributed by atoms with Crippen LogP contribution in [0.15, 0.2) is 67.0 Å². The van der Waals surface area contributed by atoms with Crippen LogP contribution < -0.4 is 4.57 Å². The fraction of sp³-hybridized carbons (Fsp3) is 0.273. The first-order chi connectivity index (χ1) is 17.8. The lowest BCUT2D eigenvalue weighted by Gasteiger charge is -2.20. The standard InChI is InChI=1S/C33H34N3S/c1-19(2)24-17-25-23-12-8-9-14-28(23)37-32(25)29(20(3)4)31(24)36-27-13-10-11-22(6)30(27)35(7)33(36)26-18-34-16-15-21(26)5/h8-20H,1-7H3/q+1. The van der Waals surface area contributed by atoms with Crippen LogP contribution in [0, 0.1) is 13.8 Å². The van der Waals surface area contributed by atoms with E-state index >= 15 is 0 Å². The van der Waals surface area contributed by atoms with Crippen molar-refractivity contribution in [2.45, 2.75) is 53.4 Å². The summed E-state index contributed by atoms with van der Waals surface area (Å²) in [6, 6.07) is 20.1. The predicted octanol–water partition coefficient (Wildman–Crippen LogP) is 8.75. The molecule has 0 saturated carbocycles. The summed E-state index contributed by atoms with van der Waals surface area (Å²) < 4.78 is 7.67. The zero-order valence-electron chi connectivity index (χ0n) is 22.8. The van der Waals surface area contributed by atoms with Gasteiger partial charge in [-0.3, -0.25) is 4.98 Å². The van der Waals surface area contributed by atoms with Gasteiger partial charge in [0.15, 0.2) is 11.0 Å². The number of benzene rings is 3. The third-order valence-corrected chi connectivity index (χ3v) is 8.95. The van der Waals surface area contributed by atoms with Crippen LogP contribution in [-0.2, 0) is 7.05 Å². The molecular formula is C33H34N3S+. The van der Waals surface area contributed by atoms with E-state index in [4.69, 9.17) is 0 Å². The molecule has 6 aromatic rings. The minimum absolute atomic E-state index is 0.361. The van der Waals surface area contributed by atoms with Crippen LogP contribution in [0.2, 0.25) is 0 Å². The Morgan fingerprint density at radius 3 is 2.38 bits per heavy atom. The first-order valence-electron chi connectivity index (χ1n) is 13.2. The molecule has 4 heteroatoms. The fourth-order valence-electron chi connectivity index (χ4n) is 5.98. The fourth-order valence-corrected chi connectivity index (χ4v) is 7.35. The molecule has 0 amide bonds. The van der Waals surface area contributed by atoms with Crippen molar-refractivity contribution in [2.75, 3.05) is 0 Å². The van der Waals surface area contributed by atoms with Gasteiger partial charge in [-0.05, 0) is 55.5 Å². The summed E-state index contributed by atoms with van der Waals surface area (Å²) >= 11 is 1.93. The average Bonchev–Trinajstić information content (AvgIpc) is 3.38. The van der Waals surface area contributed by atoms with Gasteiger partial charge in [0.25, 0.3) is 5.82 Å². The van der Waals surface area contributed by atoms with E-state index in [1.54, 1.807) is 0 Å². The highest BCUT2D eigenvalue weighted by molar-refractivity contribution is 7.26. The first kappa shape index (κ1) is 23.9. The maximum Gasteiger partial charge on any atom is 0.296 e. The van der Waals surface area contributed by atoms with Crippen LogP contribution in [-0.4, -0.2) is 9.55 Å². The average molecular weight is 505 g/mol. The second-order valence-corrected chi connectivity index (χ2v) is 11.9. The van der Waals surface area contributed by atoms with Crippen LogP contribution in [0.3, 0.4) is 0 Å². The second kappa shape index (κ2) is 8.81. The molecule has 0 unspecified atom stereocenters. The summed E-state index contributed by atoms with van der Waals surface area (Å²) in [6.45, 7) is 13.8. The number of thiophene rings is 1. The topological polar surface area (TPSA) is 21.7 Å². The predicted molar refractivity (Wildman–Crippen MR) is 158 cm³/mol. The lowest BCUT2D eigenvalue weighted by atomic mass is 9.90. The Morgan fingerprint density at radius 2 is 1.65 bits per heavy atom.